The number of carbonyl (C=O) groups excluding carboxylic acids is 2. The molecule has 2 aliphatic rings. The van der Waals surface area contributed by atoms with E-state index in [0.717, 1.165) is 12.1 Å². The predicted octanol–water partition coefficient (Wildman–Crippen LogP) is 1.54. The minimum absolute atomic E-state index is 0.170. The van der Waals surface area contributed by atoms with Gasteiger partial charge in [0, 0.05) is 44.9 Å². The number of nitriles is 1. The van der Waals surface area contributed by atoms with Gasteiger partial charge in [0.1, 0.15) is 12.3 Å². The molecule has 2 aromatic carbocycles. The Bertz CT molecular complexity index is 1090. The summed E-state index contributed by atoms with van der Waals surface area (Å²) in [5.41, 5.74) is 1.79. The molecular weight excluding hydrogens is 414 g/mol. The Morgan fingerprint density at radius 3 is 2.50 bits per heavy atom. The number of benzene rings is 2. The standard InChI is InChI=1S/C22H21N5O5/c23-12-16-1-3-17(4-2-16)13-24-7-9-25(10-8-24)21(28)14-26-19-11-18(27(30)31)5-6-20(19)32-15-22(26)29/h1-6,11H,7-10,13-15H2. The molecule has 0 unspecified atom stereocenters. The van der Waals surface area contributed by atoms with Crippen molar-refractivity contribution in [2.75, 3.05) is 44.2 Å². The van der Waals surface area contributed by atoms with E-state index in [1.165, 1.54) is 23.1 Å². The number of piperazine rings is 1. The highest BCUT2D eigenvalue weighted by molar-refractivity contribution is 6.02. The third-order valence-corrected chi connectivity index (χ3v) is 5.60. The van der Waals surface area contributed by atoms with E-state index in [2.05, 4.69) is 11.0 Å². The smallest absolute Gasteiger partial charge is 0.271 e. The van der Waals surface area contributed by atoms with Crippen molar-refractivity contribution in [3.8, 4) is 11.8 Å². The first-order valence-corrected chi connectivity index (χ1v) is 10.2. The number of nitrogens with zero attached hydrogens (tertiary/aromatic N) is 5. The lowest BCUT2D eigenvalue weighted by molar-refractivity contribution is -0.384. The van der Waals surface area contributed by atoms with E-state index < -0.39 is 10.8 Å². The third kappa shape index (κ3) is 4.53. The third-order valence-electron chi connectivity index (χ3n) is 5.60. The van der Waals surface area contributed by atoms with Crippen LogP contribution in [0, 0.1) is 21.4 Å². The second kappa shape index (κ2) is 9.03. The van der Waals surface area contributed by atoms with E-state index >= 15 is 0 Å². The molecule has 0 spiro atoms. The number of nitro groups is 1. The number of ether oxygens (including phenoxy) is 1. The highest BCUT2D eigenvalue weighted by Crippen LogP contribution is 2.35. The summed E-state index contributed by atoms with van der Waals surface area (Å²) in [4.78, 5) is 41.0. The summed E-state index contributed by atoms with van der Waals surface area (Å²) in [6.07, 6.45) is 0. The molecule has 0 saturated carbocycles. The van der Waals surface area contributed by atoms with Crippen molar-refractivity contribution < 1.29 is 19.2 Å². The van der Waals surface area contributed by atoms with Crippen LogP contribution < -0.4 is 9.64 Å². The molecule has 2 heterocycles. The van der Waals surface area contributed by atoms with Gasteiger partial charge in [-0.15, -0.1) is 0 Å². The van der Waals surface area contributed by atoms with Crippen LogP contribution in [0.1, 0.15) is 11.1 Å². The normalized spacial score (nSPS) is 16.2. The highest BCUT2D eigenvalue weighted by atomic mass is 16.6. The van der Waals surface area contributed by atoms with Crippen molar-refractivity contribution in [2.24, 2.45) is 0 Å². The van der Waals surface area contributed by atoms with Gasteiger partial charge in [-0.3, -0.25) is 29.5 Å². The monoisotopic (exact) mass is 435 g/mol. The summed E-state index contributed by atoms with van der Waals surface area (Å²) in [5.74, 6) is -0.281. The van der Waals surface area contributed by atoms with Crippen molar-refractivity contribution in [1.29, 1.82) is 5.26 Å². The number of amides is 2. The topological polar surface area (TPSA) is 120 Å². The van der Waals surface area contributed by atoms with Gasteiger partial charge in [-0.1, -0.05) is 12.1 Å². The lowest BCUT2D eigenvalue weighted by Gasteiger charge is -2.36. The van der Waals surface area contributed by atoms with Gasteiger partial charge in [0.05, 0.1) is 22.2 Å². The van der Waals surface area contributed by atoms with Crippen LogP contribution >= 0.6 is 0 Å². The number of hydrogen-bond acceptors (Lipinski definition) is 7. The van der Waals surface area contributed by atoms with Gasteiger partial charge in [-0.25, -0.2) is 0 Å². The van der Waals surface area contributed by atoms with E-state index in [0.29, 0.717) is 37.5 Å². The molecular formula is C22H21N5O5. The second-order valence-corrected chi connectivity index (χ2v) is 7.64. The summed E-state index contributed by atoms with van der Waals surface area (Å²) in [5, 5.41) is 20.0. The maximum Gasteiger partial charge on any atom is 0.271 e. The van der Waals surface area contributed by atoms with Gasteiger partial charge < -0.3 is 9.64 Å². The molecule has 2 amide bonds. The molecule has 0 aromatic heterocycles. The molecule has 164 valence electrons. The van der Waals surface area contributed by atoms with Gasteiger partial charge in [-0.2, -0.15) is 5.26 Å². The maximum absolute atomic E-state index is 12.9. The Morgan fingerprint density at radius 2 is 1.84 bits per heavy atom. The molecule has 1 saturated heterocycles. The summed E-state index contributed by atoms with van der Waals surface area (Å²) < 4.78 is 5.35. The second-order valence-electron chi connectivity index (χ2n) is 7.64. The fourth-order valence-electron chi connectivity index (χ4n) is 3.81. The number of anilines is 1. The first-order chi connectivity index (χ1) is 15.4. The van der Waals surface area contributed by atoms with Crippen LogP contribution in [-0.2, 0) is 16.1 Å². The first kappa shape index (κ1) is 21.3. The molecule has 0 atom stereocenters. The van der Waals surface area contributed by atoms with Crippen LogP contribution in [-0.4, -0.2) is 65.9 Å². The van der Waals surface area contributed by atoms with Crippen molar-refractivity contribution in [1.82, 2.24) is 9.80 Å². The molecule has 4 rings (SSSR count). The Hall–Kier alpha value is -3.97. The van der Waals surface area contributed by atoms with E-state index in [9.17, 15) is 19.7 Å². The van der Waals surface area contributed by atoms with Gasteiger partial charge in [0.2, 0.25) is 5.91 Å². The van der Waals surface area contributed by atoms with Gasteiger partial charge in [0.25, 0.3) is 11.6 Å². The summed E-state index contributed by atoms with van der Waals surface area (Å²) in [6, 6.07) is 13.5. The minimum Gasteiger partial charge on any atom is -0.482 e. The molecule has 0 aliphatic carbocycles. The molecule has 0 radical (unpaired) electrons. The van der Waals surface area contributed by atoms with E-state index in [1.807, 2.05) is 12.1 Å². The number of non-ortho nitro benzene ring substituents is 1. The highest BCUT2D eigenvalue weighted by Gasteiger charge is 2.31. The predicted molar refractivity (Wildman–Crippen MR) is 114 cm³/mol. The number of carbonyl (C=O) groups is 2. The number of hydrogen-bond donors (Lipinski definition) is 0. The van der Waals surface area contributed by atoms with Crippen LogP contribution in [0.3, 0.4) is 0 Å². The van der Waals surface area contributed by atoms with Crippen LogP contribution in [0.4, 0.5) is 11.4 Å². The Morgan fingerprint density at radius 1 is 1.12 bits per heavy atom. The fourth-order valence-corrected chi connectivity index (χ4v) is 3.81. The maximum atomic E-state index is 12.9. The molecule has 32 heavy (non-hydrogen) atoms. The molecule has 10 nitrogen and oxygen atoms in total. The zero-order valence-electron chi connectivity index (χ0n) is 17.3. The van der Waals surface area contributed by atoms with E-state index in [1.54, 1.807) is 17.0 Å². The molecule has 2 aromatic rings. The Labute approximate surface area is 184 Å². The lowest BCUT2D eigenvalue weighted by atomic mass is 10.1. The first-order valence-electron chi connectivity index (χ1n) is 10.2. The van der Waals surface area contributed by atoms with Crippen molar-refractivity contribution in [3.63, 3.8) is 0 Å². The quantitative estimate of drug-likeness (QED) is 0.516. The van der Waals surface area contributed by atoms with Crippen molar-refractivity contribution >= 4 is 23.2 Å². The summed E-state index contributed by atoms with van der Waals surface area (Å²) in [7, 11) is 0. The Kier molecular flexibility index (Phi) is 6.00. The average Bonchev–Trinajstić information content (AvgIpc) is 2.81. The SMILES string of the molecule is N#Cc1ccc(CN2CCN(C(=O)CN3C(=O)COc4ccc([N+](=O)[O-])cc43)CC2)cc1. The molecule has 0 bridgehead atoms. The minimum atomic E-state index is -0.549. The molecule has 2 aliphatic heterocycles. The number of rotatable bonds is 5. The summed E-state index contributed by atoms with van der Waals surface area (Å²) >= 11 is 0. The van der Waals surface area contributed by atoms with Crippen molar-refractivity contribution in [2.45, 2.75) is 6.54 Å². The van der Waals surface area contributed by atoms with Crippen LogP contribution in [0.2, 0.25) is 0 Å². The zero-order valence-corrected chi connectivity index (χ0v) is 17.3. The van der Waals surface area contributed by atoms with E-state index in [-0.39, 0.29) is 30.4 Å². The molecule has 10 heteroatoms. The zero-order chi connectivity index (χ0) is 22.7. The van der Waals surface area contributed by atoms with Crippen LogP contribution in [0.5, 0.6) is 5.75 Å². The average molecular weight is 435 g/mol. The lowest BCUT2D eigenvalue weighted by Crippen LogP contribution is -2.52. The number of fused-ring (bicyclic) bond motifs is 1. The van der Waals surface area contributed by atoms with Gasteiger partial charge in [-0.05, 0) is 23.8 Å². The van der Waals surface area contributed by atoms with Gasteiger partial charge >= 0.3 is 0 Å². The Balaban J connectivity index is 1.37. The molecule has 0 N–H and O–H groups in total. The molecule has 1 fully saturated rings. The fraction of sp³-hybridized carbons (Fsp3) is 0.318. The van der Waals surface area contributed by atoms with E-state index in [4.69, 9.17) is 10.00 Å². The largest absolute Gasteiger partial charge is 0.482 e. The summed E-state index contributed by atoms with van der Waals surface area (Å²) in [6.45, 7) is 2.75. The van der Waals surface area contributed by atoms with Crippen molar-refractivity contribution in [3.05, 3.63) is 63.7 Å². The number of nitro benzene ring substituents is 1. The van der Waals surface area contributed by atoms with Crippen LogP contribution in [0.15, 0.2) is 42.5 Å². The van der Waals surface area contributed by atoms with Crippen LogP contribution in [0.25, 0.3) is 0 Å². The van der Waals surface area contributed by atoms with Gasteiger partial charge in [0.15, 0.2) is 6.61 Å².